The molecule has 0 N–H and O–H groups in total. The molecule has 1 saturated heterocycles. The van der Waals surface area contributed by atoms with Crippen molar-refractivity contribution in [1.29, 1.82) is 0 Å². The Balaban J connectivity index is 1.56. The number of benzene rings is 1. The molecule has 1 aromatic rings. The largest absolute Gasteiger partial charge is 0.489 e. The fourth-order valence-electron chi connectivity index (χ4n) is 3.84. The van der Waals surface area contributed by atoms with Gasteiger partial charge in [0.25, 0.3) is 0 Å². The van der Waals surface area contributed by atoms with Crippen molar-refractivity contribution in [2.45, 2.75) is 45.4 Å². The lowest BCUT2D eigenvalue weighted by molar-refractivity contribution is -0.130. The van der Waals surface area contributed by atoms with Gasteiger partial charge in [0.2, 0.25) is 5.91 Å². The van der Waals surface area contributed by atoms with Crippen molar-refractivity contribution in [3.05, 3.63) is 29.3 Å². The summed E-state index contributed by atoms with van der Waals surface area (Å²) in [5.74, 6) is 1.27. The van der Waals surface area contributed by atoms with Crippen LogP contribution in [0.5, 0.6) is 5.75 Å². The van der Waals surface area contributed by atoms with Crippen LogP contribution >= 0.6 is 0 Å². The maximum absolute atomic E-state index is 12.6. The molecule has 3 rings (SSSR count). The molecule has 2 heterocycles. The molecule has 5 heteroatoms. The average molecular weight is 345 g/mol. The second-order valence-corrected chi connectivity index (χ2v) is 7.77. The van der Waals surface area contributed by atoms with E-state index in [1.807, 2.05) is 4.90 Å². The molecule has 0 bridgehead atoms. The molecule has 0 aromatic heterocycles. The zero-order valence-corrected chi connectivity index (χ0v) is 16.0. The highest BCUT2D eigenvalue weighted by Crippen LogP contribution is 2.26. The van der Waals surface area contributed by atoms with E-state index in [1.54, 1.807) is 0 Å². The topological polar surface area (TPSA) is 36.0 Å². The molecular formula is C20H31N3O2. The molecule has 1 amide bonds. The van der Waals surface area contributed by atoms with Crippen LogP contribution in [-0.4, -0.2) is 73.0 Å². The summed E-state index contributed by atoms with van der Waals surface area (Å²) in [7, 11) is 4.19. The van der Waals surface area contributed by atoms with Gasteiger partial charge in [-0.3, -0.25) is 9.69 Å². The Morgan fingerprint density at radius 1 is 1.32 bits per heavy atom. The molecule has 138 valence electrons. The first kappa shape index (κ1) is 18.2. The zero-order valence-electron chi connectivity index (χ0n) is 16.0. The molecule has 0 saturated carbocycles. The van der Waals surface area contributed by atoms with Gasteiger partial charge >= 0.3 is 0 Å². The van der Waals surface area contributed by atoms with Gasteiger partial charge in [-0.05, 0) is 40.4 Å². The second-order valence-electron chi connectivity index (χ2n) is 7.77. The molecule has 2 atom stereocenters. The van der Waals surface area contributed by atoms with E-state index in [1.165, 1.54) is 11.1 Å². The molecule has 1 aromatic carbocycles. The van der Waals surface area contributed by atoms with Gasteiger partial charge < -0.3 is 14.5 Å². The Bertz CT molecular complexity index is 617. The fraction of sp³-hybridized carbons (Fsp3) is 0.650. The first-order valence-corrected chi connectivity index (χ1v) is 9.35. The number of hydrogen-bond donors (Lipinski definition) is 0. The zero-order chi connectivity index (χ0) is 18.0. The van der Waals surface area contributed by atoms with Crippen molar-refractivity contribution in [1.82, 2.24) is 14.7 Å². The number of likely N-dealkylation sites (tertiary alicyclic amines) is 1. The van der Waals surface area contributed by atoms with Gasteiger partial charge in [0.15, 0.2) is 0 Å². The summed E-state index contributed by atoms with van der Waals surface area (Å²) in [6.45, 7) is 8.48. The van der Waals surface area contributed by atoms with E-state index in [-0.39, 0.29) is 12.0 Å². The third-order valence-electron chi connectivity index (χ3n) is 5.34. The van der Waals surface area contributed by atoms with E-state index in [0.717, 1.165) is 44.9 Å². The maximum Gasteiger partial charge on any atom is 0.223 e. The number of aryl methyl sites for hydroxylation is 1. The van der Waals surface area contributed by atoms with Crippen molar-refractivity contribution >= 4 is 5.91 Å². The van der Waals surface area contributed by atoms with Gasteiger partial charge in [-0.1, -0.05) is 17.7 Å². The molecule has 1 fully saturated rings. The van der Waals surface area contributed by atoms with Crippen molar-refractivity contribution < 1.29 is 9.53 Å². The number of rotatable bonds is 4. The molecule has 0 spiro atoms. The highest BCUT2D eigenvalue weighted by Gasteiger charge is 2.28. The van der Waals surface area contributed by atoms with Crippen molar-refractivity contribution in [3.8, 4) is 5.75 Å². The quantitative estimate of drug-likeness (QED) is 0.838. The number of likely N-dealkylation sites (N-methyl/N-ethyl adjacent to an activating group) is 1. The second kappa shape index (κ2) is 7.75. The molecule has 5 nitrogen and oxygen atoms in total. The maximum atomic E-state index is 12.6. The van der Waals surface area contributed by atoms with Crippen LogP contribution in [0.1, 0.15) is 30.9 Å². The minimum absolute atomic E-state index is 0.143. The number of amides is 1. The highest BCUT2D eigenvalue weighted by molar-refractivity contribution is 5.76. The van der Waals surface area contributed by atoms with E-state index in [0.29, 0.717) is 12.5 Å². The Kier molecular flexibility index (Phi) is 5.64. The minimum atomic E-state index is 0.143. The van der Waals surface area contributed by atoms with Gasteiger partial charge in [0.05, 0.1) is 0 Å². The van der Waals surface area contributed by atoms with Crippen LogP contribution < -0.4 is 4.74 Å². The average Bonchev–Trinajstić information content (AvgIpc) is 2.99. The smallest absolute Gasteiger partial charge is 0.223 e. The number of fused-ring (bicyclic) bond motifs is 1. The Hall–Kier alpha value is -1.59. The summed E-state index contributed by atoms with van der Waals surface area (Å²) < 4.78 is 6.05. The molecule has 0 aliphatic carbocycles. The first-order chi connectivity index (χ1) is 11.9. The third-order valence-corrected chi connectivity index (χ3v) is 5.34. The van der Waals surface area contributed by atoms with Crippen LogP contribution in [0.4, 0.5) is 0 Å². The Morgan fingerprint density at radius 2 is 2.12 bits per heavy atom. The third kappa shape index (κ3) is 4.53. The number of carbonyl (C=O) groups is 1. The summed E-state index contributed by atoms with van der Waals surface area (Å²) in [6.07, 6.45) is 1.82. The lowest BCUT2D eigenvalue weighted by atomic mass is 10.1. The lowest BCUT2D eigenvalue weighted by Gasteiger charge is -2.24. The SMILES string of the molecule is Cc1ccc2c(c1)CN(CCC(=O)N1CCC(N(C)C)C1)CC(C)O2. The molecule has 0 radical (unpaired) electrons. The molecule has 25 heavy (non-hydrogen) atoms. The summed E-state index contributed by atoms with van der Waals surface area (Å²) >= 11 is 0. The van der Waals surface area contributed by atoms with Gasteiger partial charge in [-0.25, -0.2) is 0 Å². The molecule has 2 aliphatic heterocycles. The minimum Gasteiger partial charge on any atom is -0.489 e. The van der Waals surface area contributed by atoms with E-state index in [4.69, 9.17) is 4.74 Å². The summed E-state index contributed by atoms with van der Waals surface area (Å²) in [4.78, 5) is 19.2. The van der Waals surface area contributed by atoms with Crippen molar-refractivity contribution in [3.63, 3.8) is 0 Å². The number of ether oxygens (including phenoxy) is 1. The van der Waals surface area contributed by atoms with Crippen LogP contribution in [0, 0.1) is 6.92 Å². The standard InChI is InChI=1S/C20H31N3O2/c1-15-5-6-19-17(11-15)13-22(12-16(2)25-19)9-8-20(24)23-10-7-18(14-23)21(3)4/h5-6,11,16,18H,7-10,12-14H2,1-4H3. The van der Waals surface area contributed by atoms with Crippen LogP contribution in [0.25, 0.3) is 0 Å². The highest BCUT2D eigenvalue weighted by atomic mass is 16.5. The monoisotopic (exact) mass is 345 g/mol. The van der Waals surface area contributed by atoms with Gasteiger partial charge in [-0.15, -0.1) is 0 Å². The number of carbonyl (C=O) groups excluding carboxylic acids is 1. The van der Waals surface area contributed by atoms with Crippen molar-refractivity contribution in [2.24, 2.45) is 0 Å². The summed E-state index contributed by atoms with van der Waals surface area (Å²) in [5, 5.41) is 0. The molecule has 2 aliphatic rings. The summed E-state index contributed by atoms with van der Waals surface area (Å²) in [6, 6.07) is 6.87. The fourth-order valence-corrected chi connectivity index (χ4v) is 3.84. The number of hydrogen-bond acceptors (Lipinski definition) is 4. The molecular weight excluding hydrogens is 314 g/mol. The number of nitrogens with zero attached hydrogens (tertiary/aromatic N) is 3. The van der Waals surface area contributed by atoms with Crippen molar-refractivity contribution in [2.75, 3.05) is 40.3 Å². The Labute approximate surface area is 151 Å². The van der Waals surface area contributed by atoms with Gasteiger partial charge in [0, 0.05) is 50.7 Å². The molecule has 2 unspecified atom stereocenters. The first-order valence-electron chi connectivity index (χ1n) is 9.35. The lowest BCUT2D eigenvalue weighted by Crippen LogP contribution is -2.37. The normalized spacial score (nSPS) is 24.1. The van der Waals surface area contributed by atoms with E-state index >= 15 is 0 Å². The Morgan fingerprint density at radius 3 is 2.84 bits per heavy atom. The predicted molar refractivity (Wildman–Crippen MR) is 99.8 cm³/mol. The van der Waals surface area contributed by atoms with Crippen LogP contribution in [0.3, 0.4) is 0 Å². The van der Waals surface area contributed by atoms with E-state index < -0.39 is 0 Å². The van der Waals surface area contributed by atoms with Crippen LogP contribution in [0.15, 0.2) is 18.2 Å². The van der Waals surface area contributed by atoms with Gasteiger partial charge in [-0.2, -0.15) is 0 Å². The van der Waals surface area contributed by atoms with Crippen LogP contribution in [0.2, 0.25) is 0 Å². The van der Waals surface area contributed by atoms with Gasteiger partial charge in [0.1, 0.15) is 11.9 Å². The van der Waals surface area contributed by atoms with Crippen LogP contribution in [-0.2, 0) is 11.3 Å². The van der Waals surface area contributed by atoms with E-state index in [2.05, 4.69) is 55.9 Å². The van der Waals surface area contributed by atoms with E-state index in [9.17, 15) is 4.79 Å². The summed E-state index contributed by atoms with van der Waals surface area (Å²) in [5.41, 5.74) is 2.48. The predicted octanol–water partition coefficient (Wildman–Crippen LogP) is 2.13.